The van der Waals surface area contributed by atoms with E-state index in [-0.39, 0.29) is 25.4 Å². The number of nitrogens with one attached hydrogen (secondary N) is 2. The molecule has 7 nitrogen and oxygen atoms in total. The van der Waals surface area contributed by atoms with Crippen molar-refractivity contribution in [2.45, 2.75) is 6.42 Å². The predicted octanol–water partition coefficient (Wildman–Crippen LogP) is -4.40. The third kappa shape index (κ3) is 7.04. The van der Waals surface area contributed by atoms with Crippen molar-refractivity contribution in [3.8, 4) is 0 Å². The molecular formula is C7H13N3O4. The molecule has 0 atom stereocenters. The van der Waals surface area contributed by atoms with E-state index in [0.717, 1.165) is 0 Å². The zero-order chi connectivity index (χ0) is 11.0. The van der Waals surface area contributed by atoms with Crippen LogP contribution in [0.25, 0.3) is 0 Å². The maximum absolute atomic E-state index is 10.8. The van der Waals surface area contributed by atoms with Gasteiger partial charge in [0.1, 0.15) is 0 Å². The molecule has 0 bridgehead atoms. The SMILES string of the molecule is [NH3+]CC(=O)NCCC(=O)NCC(=O)[O-]. The number of amides is 2. The molecule has 0 aliphatic heterocycles. The van der Waals surface area contributed by atoms with Gasteiger partial charge in [-0.3, -0.25) is 9.59 Å². The van der Waals surface area contributed by atoms with E-state index in [9.17, 15) is 19.5 Å². The number of carbonyl (C=O) groups excluding carboxylic acids is 3. The van der Waals surface area contributed by atoms with E-state index in [4.69, 9.17) is 0 Å². The largest absolute Gasteiger partial charge is 0.548 e. The van der Waals surface area contributed by atoms with E-state index >= 15 is 0 Å². The highest BCUT2D eigenvalue weighted by Gasteiger charge is 2.02. The Morgan fingerprint density at radius 2 is 1.79 bits per heavy atom. The summed E-state index contributed by atoms with van der Waals surface area (Å²) in [5.74, 6) is -2.04. The van der Waals surface area contributed by atoms with Crippen molar-refractivity contribution in [2.24, 2.45) is 0 Å². The van der Waals surface area contributed by atoms with Gasteiger partial charge >= 0.3 is 0 Å². The second-order valence-electron chi connectivity index (χ2n) is 2.50. The molecule has 2 amide bonds. The Kier molecular flexibility index (Phi) is 6.04. The van der Waals surface area contributed by atoms with Crippen LogP contribution in [-0.2, 0) is 14.4 Å². The first kappa shape index (κ1) is 12.4. The summed E-state index contributed by atoms with van der Waals surface area (Å²) in [6.45, 7) is -0.226. The second kappa shape index (κ2) is 6.84. The van der Waals surface area contributed by atoms with E-state index < -0.39 is 18.4 Å². The van der Waals surface area contributed by atoms with Gasteiger partial charge in [0.15, 0.2) is 6.54 Å². The lowest BCUT2D eigenvalue weighted by molar-refractivity contribution is -0.355. The zero-order valence-electron chi connectivity index (χ0n) is 7.67. The standard InChI is InChI=1S/C7H13N3O4/c8-3-6(12)9-2-1-5(11)10-4-7(13)14/h1-4,8H2,(H,9,12)(H,10,11)(H,13,14). The van der Waals surface area contributed by atoms with Crippen LogP contribution < -0.4 is 21.5 Å². The molecule has 0 aromatic carbocycles. The average Bonchev–Trinajstić information content (AvgIpc) is 2.14. The summed E-state index contributed by atoms with van der Waals surface area (Å²) in [5.41, 5.74) is 3.34. The molecule has 0 aliphatic rings. The predicted molar refractivity (Wildman–Crippen MR) is 43.4 cm³/mol. The first-order chi connectivity index (χ1) is 6.56. The van der Waals surface area contributed by atoms with Gasteiger partial charge in [-0.1, -0.05) is 0 Å². The lowest BCUT2D eigenvalue weighted by Gasteiger charge is -2.05. The van der Waals surface area contributed by atoms with Crippen molar-refractivity contribution in [2.75, 3.05) is 19.6 Å². The van der Waals surface area contributed by atoms with Crippen molar-refractivity contribution in [3.05, 3.63) is 0 Å². The van der Waals surface area contributed by atoms with Gasteiger partial charge in [0.05, 0.1) is 12.5 Å². The fourth-order valence-electron chi connectivity index (χ4n) is 0.663. The second-order valence-corrected chi connectivity index (χ2v) is 2.50. The summed E-state index contributed by atoms with van der Waals surface area (Å²) in [6.07, 6.45) is 0.0407. The van der Waals surface area contributed by atoms with Gasteiger partial charge in [-0.2, -0.15) is 0 Å². The fourth-order valence-corrected chi connectivity index (χ4v) is 0.663. The van der Waals surface area contributed by atoms with Crippen LogP contribution in [0.2, 0.25) is 0 Å². The lowest BCUT2D eigenvalue weighted by atomic mass is 10.4. The lowest BCUT2D eigenvalue weighted by Crippen LogP contribution is -2.57. The summed E-state index contributed by atoms with van der Waals surface area (Å²) >= 11 is 0. The van der Waals surface area contributed by atoms with Gasteiger partial charge in [-0.05, 0) is 0 Å². The number of rotatable bonds is 6. The van der Waals surface area contributed by atoms with Crippen molar-refractivity contribution in [1.29, 1.82) is 0 Å². The minimum absolute atomic E-state index is 0.0407. The van der Waals surface area contributed by atoms with Crippen molar-refractivity contribution >= 4 is 17.8 Å². The van der Waals surface area contributed by atoms with Crippen LogP contribution in [-0.4, -0.2) is 37.4 Å². The topological polar surface area (TPSA) is 126 Å². The third-order valence-electron chi connectivity index (χ3n) is 1.33. The Balaban J connectivity index is 3.45. The molecule has 0 radical (unpaired) electrons. The Morgan fingerprint density at radius 3 is 2.29 bits per heavy atom. The highest BCUT2D eigenvalue weighted by atomic mass is 16.4. The summed E-state index contributed by atoms with van der Waals surface area (Å²) in [6, 6.07) is 0. The summed E-state index contributed by atoms with van der Waals surface area (Å²) in [7, 11) is 0. The minimum atomic E-state index is -1.35. The quantitative estimate of drug-likeness (QED) is 0.403. The molecule has 0 saturated heterocycles. The normalized spacial score (nSPS) is 9.21. The van der Waals surface area contributed by atoms with E-state index in [1.165, 1.54) is 0 Å². The summed E-state index contributed by atoms with van der Waals surface area (Å²) in [5, 5.41) is 14.5. The first-order valence-corrected chi connectivity index (χ1v) is 4.08. The molecule has 5 N–H and O–H groups in total. The zero-order valence-corrected chi connectivity index (χ0v) is 7.67. The third-order valence-corrected chi connectivity index (χ3v) is 1.33. The summed E-state index contributed by atoms with van der Waals surface area (Å²) < 4.78 is 0. The summed E-state index contributed by atoms with van der Waals surface area (Å²) in [4.78, 5) is 31.4. The van der Waals surface area contributed by atoms with Gasteiger partial charge < -0.3 is 26.3 Å². The highest BCUT2D eigenvalue weighted by Crippen LogP contribution is 1.76. The fraction of sp³-hybridized carbons (Fsp3) is 0.571. The van der Waals surface area contributed by atoms with Gasteiger partial charge in [-0.15, -0.1) is 0 Å². The van der Waals surface area contributed by atoms with E-state index in [0.29, 0.717) is 0 Å². The van der Waals surface area contributed by atoms with E-state index in [1.54, 1.807) is 0 Å². The molecule has 0 aromatic heterocycles. The van der Waals surface area contributed by atoms with Crippen molar-refractivity contribution < 1.29 is 25.2 Å². The van der Waals surface area contributed by atoms with E-state index in [2.05, 4.69) is 16.4 Å². The van der Waals surface area contributed by atoms with Gasteiger partial charge in [0.25, 0.3) is 5.91 Å². The van der Waals surface area contributed by atoms with Crippen molar-refractivity contribution in [3.63, 3.8) is 0 Å². The number of quaternary nitrogens is 1. The Bertz CT molecular complexity index is 229. The van der Waals surface area contributed by atoms with E-state index in [1.807, 2.05) is 0 Å². The highest BCUT2D eigenvalue weighted by molar-refractivity contribution is 5.81. The number of carboxylic acid groups (broad SMARTS) is 1. The molecule has 0 saturated carbocycles. The smallest absolute Gasteiger partial charge is 0.275 e. The van der Waals surface area contributed by atoms with Crippen molar-refractivity contribution in [1.82, 2.24) is 10.6 Å². The molecule has 0 aliphatic carbocycles. The molecule has 0 rings (SSSR count). The Labute approximate surface area is 80.6 Å². The maximum Gasteiger partial charge on any atom is 0.275 e. The van der Waals surface area contributed by atoms with Gasteiger partial charge in [0, 0.05) is 13.0 Å². The molecule has 0 heterocycles. The molecule has 0 fully saturated rings. The Hall–Kier alpha value is -1.63. The minimum Gasteiger partial charge on any atom is -0.548 e. The van der Waals surface area contributed by atoms with Gasteiger partial charge in [0.2, 0.25) is 5.91 Å². The number of aliphatic carboxylic acids is 1. The molecule has 80 valence electrons. The van der Waals surface area contributed by atoms with Crippen LogP contribution >= 0.6 is 0 Å². The molecule has 7 heteroatoms. The number of carboxylic acids is 1. The van der Waals surface area contributed by atoms with Crippen LogP contribution in [0.1, 0.15) is 6.42 Å². The van der Waals surface area contributed by atoms with Gasteiger partial charge in [-0.25, -0.2) is 0 Å². The number of carbonyl (C=O) groups is 3. The van der Waals surface area contributed by atoms with Crippen LogP contribution in [0.15, 0.2) is 0 Å². The van der Waals surface area contributed by atoms with Crippen LogP contribution in [0.3, 0.4) is 0 Å². The van der Waals surface area contributed by atoms with Crippen LogP contribution in [0, 0.1) is 0 Å². The maximum atomic E-state index is 10.8. The average molecular weight is 203 g/mol. The van der Waals surface area contributed by atoms with Crippen LogP contribution in [0.5, 0.6) is 0 Å². The molecule has 0 aromatic rings. The molecule has 0 spiro atoms. The monoisotopic (exact) mass is 203 g/mol. The van der Waals surface area contributed by atoms with Crippen LogP contribution in [0.4, 0.5) is 0 Å². The number of hydrogen-bond donors (Lipinski definition) is 3. The Morgan fingerprint density at radius 1 is 1.14 bits per heavy atom. The first-order valence-electron chi connectivity index (χ1n) is 4.08. The number of hydrogen-bond acceptors (Lipinski definition) is 4. The molecule has 0 unspecified atom stereocenters. The molecule has 14 heavy (non-hydrogen) atoms. The molecular weight excluding hydrogens is 190 g/mol.